The number of aliphatic imine (C=N–C) groups is 2. The van der Waals surface area contributed by atoms with Crippen LogP contribution in [0.2, 0.25) is 0 Å². The van der Waals surface area contributed by atoms with Gasteiger partial charge in [-0.05, 0) is 94.4 Å². The number of nitrogens with zero attached hydrogens (tertiary/aromatic N) is 2. The number of H-pyrrole nitrogens is 1. The summed E-state index contributed by atoms with van der Waals surface area (Å²) in [6, 6.07) is 9.71. The molecule has 0 saturated carbocycles. The average molecular weight is 1040 g/mol. The van der Waals surface area contributed by atoms with Crippen LogP contribution in [0, 0.1) is 11.8 Å². The lowest BCUT2D eigenvalue weighted by Crippen LogP contribution is -2.58. The summed E-state index contributed by atoms with van der Waals surface area (Å²) in [4.78, 5) is 136. The van der Waals surface area contributed by atoms with Crippen molar-refractivity contribution < 1.29 is 43.2 Å². The number of amides is 7. The number of rotatable bonds is 19. The van der Waals surface area contributed by atoms with Crippen LogP contribution >= 0.6 is 0 Å². The van der Waals surface area contributed by atoms with Gasteiger partial charge < -0.3 is 71.3 Å². The summed E-state index contributed by atoms with van der Waals surface area (Å²) in [5.41, 5.74) is 36.0. The number of Topliss-reactive ketones (excluding diaryl/α,β-unsaturated/α-hetero) is 2. The van der Waals surface area contributed by atoms with Crippen LogP contribution in [-0.4, -0.2) is 126 Å². The SMILES string of the molecule is CC(=O)N[C@@H](CCCN=C(N)N)C(=O)N[C@H]1CC(=O)NCCCC[C@@H](C(N)=O)NC(=O)[C@H](Cc2c[nH]c3ccccc23)CC(=O)[C@H](CCCN=C(N)N)CC(=O)[C@@H](Cc2ccccc2)NC(=O)[C@H](CCCN)NC1=O. The van der Waals surface area contributed by atoms with Gasteiger partial charge in [-0.2, -0.15) is 0 Å². The van der Waals surface area contributed by atoms with E-state index in [2.05, 4.69) is 46.9 Å². The maximum Gasteiger partial charge on any atom is 0.243 e. The minimum atomic E-state index is -1.60. The fourth-order valence-electron chi connectivity index (χ4n) is 8.80. The second-order valence-electron chi connectivity index (χ2n) is 18.8. The van der Waals surface area contributed by atoms with E-state index in [4.69, 9.17) is 34.4 Å². The smallest absolute Gasteiger partial charge is 0.243 e. The molecule has 75 heavy (non-hydrogen) atoms. The maximum atomic E-state index is 14.8. The molecule has 1 aliphatic rings. The molecular weight excluding hydrogens is 967 g/mol. The molecule has 4 rings (SSSR count). The van der Waals surface area contributed by atoms with Crippen molar-refractivity contribution in [3.05, 3.63) is 71.9 Å². The third-order valence-corrected chi connectivity index (χ3v) is 12.7. The molecule has 1 aliphatic heterocycles. The molecular formula is C51H75N15O9. The van der Waals surface area contributed by atoms with Crippen molar-refractivity contribution in [1.82, 2.24) is 36.9 Å². The molecule has 2 aromatic carbocycles. The third kappa shape index (κ3) is 20.9. The molecule has 1 saturated heterocycles. The molecule has 24 nitrogen and oxygen atoms in total. The van der Waals surface area contributed by atoms with E-state index in [0.717, 1.165) is 16.5 Å². The highest BCUT2D eigenvalue weighted by Gasteiger charge is 2.35. The number of nitrogens with one attached hydrogen (secondary N) is 7. The van der Waals surface area contributed by atoms with Crippen molar-refractivity contribution in [1.29, 1.82) is 0 Å². The van der Waals surface area contributed by atoms with E-state index in [9.17, 15) is 43.2 Å². The zero-order valence-corrected chi connectivity index (χ0v) is 42.6. The largest absolute Gasteiger partial charge is 0.370 e. The minimum absolute atomic E-state index is 0.0232. The summed E-state index contributed by atoms with van der Waals surface area (Å²) < 4.78 is 0. The van der Waals surface area contributed by atoms with E-state index in [1.54, 1.807) is 36.5 Å². The molecule has 0 bridgehead atoms. The quantitative estimate of drug-likeness (QED) is 0.0372. The van der Waals surface area contributed by atoms with Gasteiger partial charge in [0.1, 0.15) is 30.0 Å². The number of primary amides is 1. The number of benzene rings is 2. The molecule has 1 aromatic heterocycles. The van der Waals surface area contributed by atoms with E-state index < -0.39 is 101 Å². The van der Waals surface area contributed by atoms with Crippen LogP contribution in [0.5, 0.6) is 0 Å². The normalized spacial score (nSPS) is 21.3. The van der Waals surface area contributed by atoms with Crippen LogP contribution in [0.15, 0.2) is 70.8 Å². The summed E-state index contributed by atoms with van der Waals surface area (Å²) in [5.74, 6) is -8.55. The van der Waals surface area contributed by atoms with Crippen LogP contribution in [0.1, 0.15) is 95.1 Å². The molecule has 19 N–H and O–H groups in total. The molecule has 2 heterocycles. The lowest BCUT2D eigenvalue weighted by atomic mass is 9.83. The van der Waals surface area contributed by atoms with E-state index in [1.807, 2.05) is 24.3 Å². The lowest BCUT2D eigenvalue weighted by Gasteiger charge is -2.27. The number of nitrogens with two attached hydrogens (primary N) is 6. The summed E-state index contributed by atoms with van der Waals surface area (Å²) in [7, 11) is 0. The Morgan fingerprint density at radius 1 is 0.707 bits per heavy atom. The van der Waals surface area contributed by atoms with Crippen LogP contribution in [0.3, 0.4) is 0 Å². The molecule has 7 atom stereocenters. The number of aromatic nitrogens is 1. The van der Waals surface area contributed by atoms with Gasteiger partial charge in [0.15, 0.2) is 17.7 Å². The molecule has 7 amide bonds. The Morgan fingerprint density at radius 3 is 2.05 bits per heavy atom. The van der Waals surface area contributed by atoms with Crippen molar-refractivity contribution >= 4 is 75.7 Å². The third-order valence-electron chi connectivity index (χ3n) is 12.7. The number of hydrogen-bond donors (Lipinski definition) is 13. The number of hydrogen-bond acceptors (Lipinski definition) is 12. The number of para-hydroxylation sites is 1. The first kappa shape index (κ1) is 59.7. The Morgan fingerprint density at radius 2 is 1.37 bits per heavy atom. The predicted octanol–water partition coefficient (Wildman–Crippen LogP) is -1.43. The van der Waals surface area contributed by atoms with Gasteiger partial charge in [0, 0.05) is 68.3 Å². The van der Waals surface area contributed by atoms with Crippen LogP contribution in [0.25, 0.3) is 10.9 Å². The Labute approximate surface area is 435 Å². The number of carbonyl (C=O) groups excluding carboxylic acids is 9. The fraction of sp³-hybridized carbons (Fsp3) is 0.510. The number of guanidine groups is 2. The number of ketones is 2. The Bertz CT molecular complexity index is 2490. The first-order valence-electron chi connectivity index (χ1n) is 25.3. The molecule has 24 heteroatoms. The highest BCUT2D eigenvalue weighted by Crippen LogP contribution is 2.26. The predicted molar refractivity (Wildman–Crippen MR) is 282 cm³/mol. The molecule has 3 aromatic rings. The summed E-state index contributed by atoms with van der Waals surface area (Å²) in [5, 5.41) is 16.9. The van der Waals surface area contributed by atoms with Crippen molar-refractivity contribution in [2.75, 3.05) is 26.2 Å². The molecule has 408 valence electrons. The Hall–Kier alpha value is -7.89. The van der Waals surface area contributed by atoms with Crippen molar-refractivity contribution in [2.45, 2.75) is 127 Å². The van der Waals surface area contributed by atoms with Gasteiger partial charge in [0.05, 0.1) is 12.5 Å². The van der Waals surface area contributed by atoms with Gasteiger partial charge in [-0.25, -0.2) is 0 Å². The zero-order chi connectivity index (χ0) is 54.9. The Balaban J connectivity index is 1.77. The van der Waals surface area contributed by atoms with Gasteiger partial charge in [0.25, 0.3) is 0 Å². The maximum absolute atomic E-state index is 14.8. The van der Waals surface area contributed by atoms with E-state index in [1.165, 1.54) is 6.92 Å². The highest BCUT2D eigenvalue weighted by atomic mass is 16.2. The monoisotopic (exact) mass is 1040 g/mol. The number of fused-ring (bicyclic) bond motifs is 1. The number of carbonyl (C=O) groups is 9. The van der Waals surface area contributed by atoms with E-state index in [-0.39, 0.29) is 122 Å². The second kappa shape index (κ2) is 31.0. The van der Waals surface area contributed by atoms with Gasteiger partial charge in [0.2, 0.25) is 41.4 Å². The van der Waals surface area contributed by atoms with Gasteiger partial charge in [-0.3, -0.25) is 53.1 Å². The first-order chi connectivity index (χ1) is 35.8. The minimum Gasteiger partial charge on any atom is -0.370 e. The molecule has 0 aliphatic carbocycles. The van der Waals surface area contributed by atoms with Gasteiger partial charge in [-0.1, -0.05) is 48.5 Å². The molecule has 0 radical (unpaired) electrons. The summed E-state index contributed by atoms with van der Waals surface area (Å²) in [6.07, 6.45) is 1.97. The van der Waals surface area contributed by atoms with Gasteiger partial charge >= 0.3 is 0 Å². The Kier molecular flexibility index (Phi) is 24.6. The standard InChI is InChI=1S/C51H75N15O9/c1-30(67)62-38(19-11-23-60-51(56)57)47(73)66-41-28-44(70)58-21-8-7-17-37(45(53)71)63-46(72)33(25-34-29-61-36-16-6-5-15-35(34)36)27-42(68)32(14-10-22-59-50(54)55)26-43(69)40(24-31-12-3-2-4-13-31)65-48(74)39(18-9-20-52)64-49(41)75/h2-6,12-13,15-16,29,32-33,37-41,61H,7-11,14,17-28,52H2,1H3,(H2,53,71)(H,58,70)(H,62,67)(H,63,72)(H,64,75)(H,65,74)(H,66,73)(H4,54,55,59)(H4,56,57,60)/t32-,33-,37+,38+,39+,40-,41+/m1/s1. The fourth-order valence-corrected chi connectivity index (χ4v) is 8.80. The lowest BCUT2D eigenvalue weighted by molar-refractivity contribution is -0.136. The van der Waals surface area contributed by atoms with Crippen molar-refractivity contribution in [2.24, 2.45) is 56.2 Å². The van der Waals surface area contributed by atoms with Crippen LogP contribution in [0.4, 0.5) is 0 Å². The van der Waals surface area contributed by atoms with Crippen molar-refractivity contribution in [3.63, 3.8) is 0 Å². The molecule has 0 spiro atoms. The van der Waals surface area contributed by atoms with Crippen LogP contribution < -0.4 is 66.3 Å². The molecule has 0 unspecified atom stereocenters. The van der Waals surface area contributed by atoms with E-state index in [0.29, 0.717) is 5.56 Å². The van der Waals surface area contributed by atoms with Crippen molar-refractivity contribution in [3.8, 4) is 0 Å². The second-order valence-corrected chi connectivity index (χ2v) is 18.8. The van der Waals surface area contributed by atoms with E-state index >= 15 is 0 Å². The summed E-state index contributed by atoms with van der Waals surface area (Å²) >= 11 is 0. The summed E-state index contributed by atoms with van der Waals surface area (Å²) in [6.45, 7) is 1.60. The topological polar surface area (TPSA) is 422 Å². The van der Waals surface area contributed by atoms with Gasteiger partial charge in [-0.15, -0.1) is 0 Å². The highest BCUT2D eigenvalue weighted by molar-refractivity contribution is 5.99. The average Bonchev–Trinajstić information content (AvgIpc) is 3.77. The molecule has 1 fully saturated rings. The number of aromatic amines is 1. The zero-order valence-electron chi connectivity index (χ0n) is 42.6. The van der Waals surface area contributed by atoms with Crippen LogP contribution in [-0.2, 0) is 56.0 Å². The first-order valence-corrected chi connectivity index (χ1v) is 25.3.